The van der Waals surface area contributed by atoms with Crippen molar-refractivity contribution in [1.29, 1.82) is 0 Å². The van der Waals surface area contributed by atoms with Gasteiger partial charge < -0.3 is 14.6 Å². The van der Waals surface area contributed by atoms with Crippen LogP contribution in [0.5, 0.6) is 0 Å². The molecule has 1 amide bonds. The minimum atomic E-state index is -0.871. The van der Waals surface area contributed by atoms with Crippen LogP contribution in [0, 0.1) is 19.3 Å². The molecule has 0 radical (unpaired) electrons. The van der Waals surface area contributed by atoms with E-state index >= 15 is 0 Å². The van der Waals surface area contributed by atoms with Crippen molar-refractivity contribution >= 4 is 5.91 Å². The van der Waals surface area contributed by atoms with Crippen molar-refractivity contribution in [3.05, 3.63) is 17.0 Å². The third-order valence-corrected chi connectivity index (χ3v) is 5.06. The first-order chi connectivity index (χ1) is 11.7. The minimum Gasteiger partial charge on any atom is -0.385 e. The Balaban J connectivity index is 1.94. The molecular weight excluding hydrogens is 325 g/mol. The van der Waals surface area contributed by atoms with Crippen LogP contribution in [0.2, 0.25) is 0 Å². The molecule has 1 saturated heterocycles. The van der Waals surface area contributed by atoms with E-state index in [0.29, 0.717) is 39.1 Å². The molecule has 7 heteroatoms. The van der Waals surface area contributed by atoms with Crippen LogP contribution < -0.4 is 5.32 Å². The first-order valence-corrected chi connectivity index (χ1v) is 8.81. The Morgan fingerprint density at radius 1 is 1.48 bits per heavy atom. The smallest absolute Gasteiger partial charge is 0.225 e. The zero-order chi connectivity index (χ0) is 18.6. The van der Waals surface area contributed by atoms with Gasteiger partial charge in [0.2, 0.25) is 5.91 Å². The van der Waals surface area contributed by atoms with Crippen LogP contribution in [0.1, 0.15) is 43.7 Å². The van der Waals surface area contributed by atoms with Gasteiger partial charge in [0.05, 0.1) is 5.69 Å². The number of hydrogen-bond donors (Lipinski definition) is 1. The molecule has 0 unspecified atom stereocenters. The molecule has 0 spiro atoms. The highest BCUT2D eigenvalue weighted by Gasteiger charge is 2.34. The molecule has 1 fully saturated rings. The molecule has 0 aromatic carbocycles. The second-order valence-electron chi connectivity index (χ2n) is 7.56. The van der Waals surface area contributed by atoms with Gasteiger partial charge >= 0.3 is 0 Å². The standard InChI is InChI=1S/C18H30FN3O3/c1-12-16(13(2)25-21-12)11-22-10-14(19)8-15(22)9-20-17(23)18(3,4)6-7-24-5/h14-15H,6-11H2,1-5H3,(H,20,23)/t14-,15-/m0/s1. The van der Waals surface area contributed by atoms with Gasteiger partial charge in [-0.1, -0.05) is 19.0 Å². The second-order valence-corrected chi connectivity index (χ2v) is 7.56. The Morgan fingerprint density at radius 3 is 2.80 bits per heavy atom. The van der Waals surface area contributed by atoms with E-state index in [1.165, 1.54) is 0 Å². The zero-order valence-corrected chi connectivity index (χ0v) is 15.9. The maximum Gasteiger partial charge on any atom is 0.225 e. The highest BCUT2D eigenvalue weighted by molar-refractivity contribution is 5.81. The number of carbonyl (C=O) groups excluding carboxylic acids is 1. The number of nitrogens with zero attached hydrogens (tertiary/aromatic N) is 2. The molecule has 142 valence electrons. The van der Waals surface area contributed by atoms with Gasteiger partial charge in [-0.15, -0.1) is 0 Å². The van der Waals surface area contributed by atoms with E-state index in [-0.39, 0.29) is 11.9 Å². The number of ether oxygens (including phenoxy) is 1. The fourth-order valence-corrected chi connectivity index (χ4v) is 3.18. The maximum atomic E-state index is 14.0. The molecule has 2 rings (SSSR count). The molecule has 25 heavy (non-hydrogen) atoms. The lowest BCUT2D eigenvalue weighted by molar-refractivity contribution is -0.130. The van der Waals surface area contributed by atoms with Crippen LogP contribution in [-0.2, 0) is 16.1 Å². The third kappa shape index (κ3) is 5.01. The largest absolute Gasteiger partial charge is 0.385 e. The molecule has 0 aliphatic carbocycles. The second kappa shape index (κ2) is 8.27. The topological polar surface area (TPSA) is 67.6 Å². The number of likely N-dealkylation sites (tertiary alicyclic amines) is 1. The predicted octanol–water partition coefficient (Wildman–Crippen LogP) is 2.38. The van der Waals surface area contributed by atoms with Gasteiger partial charge in [0.25, 0.3) is 0 Å². The Morgan fingerprint density at radius 2 is 2.20 bits per heavy atom. The number of rotatable bonds is 8. The molecule has 1 aromatic heterocycles. The van der Waals surface area contributed by atoms with Gasteiger partial charge in [0.1, 0.15) is 11.9 Å². The molecule has 1 N–H and O–H groups in total. The Bertz CT molecular complexity index is 569. The van der Waals surface area contributed by atoms with Crippen LogP contribution in [-0.4, -0.2) is 55.0 Å². The van der Waals surface area contributed by atoms with Crippen LogP contribution in [0.25, 0.3) is 0 Å². The summed E-state index contributed by atoms with van der Waals surface area (Å²) in [6.07, 6.45) is 0.209. The fourth-order valence-electron chi connectivity index (χ4n) is 3.18. The van der Waals surface area contributed by atoms with Gasteiger partial charge in [-0.05, 0) is 26.7 Å². The quantitative estimate of drug-likeness (QED) is 0.775. The van der Waals surface area contributed by atoms with E-state index in [1.807, 2.05) is 27.7 Å². The lowest BCUT2D eigenvalue weighted by Gasteiger charge is -2.27. The van der Waals surface area contributed by atoms with Gasteiger partial charge in [-0.25, -0.2) is 4.39 Å². The molecular formula is C18H30FN3O3. The van der Waals surface area contributed by atoms with E-state index in [0.717, 1.165) is 17.0 Å². The van der Waals surface area contributed by atoms with Crippen LogP contribution in [0.15, 0.2) is 4.52 Å². The molecule has 2 atom stereocenters. The number of carbonyl (C=O) groups is 1. The third-order valence-electron chi connectivity index (χ3n) is 5.06. The van der Waals surface area contributed by atoms with Crippen molar-refractivity contribution < 1.29 is 18.4 Å². The number of amides is 1. The number of halogens is 1. The lowest BCUT2D eigenvalue weighted by Crippen LogP contribution is -2.44. The van der Waals surface area contributed by atoms with Crippen molar-refractivity contribution in [2.75, 3.05) is 26.8 Å². The molecule has 2 heterocycles. The molecule has 1 aliphatic rings. The van der Waals surface area contributed by atoms with E-state index in [9.17, 15) is 9.18 Å². The summed E-state index contributed by atoms with van der Waals surface area (Å²) in [5.74, 6) is 0.743. The van der Waals surface area contributed by atoms with Crippen molar-refractivity contribution in [3.63, 3.8) is 0 Å². The Labute approximate surface area is 149 Å². The molecule has 1 aliphatic heterocycles. The summed E-state index contributed by atoms with van der Waals surface area (Å²) in [6, 6.07) is -0.0223. The molecule has 0 bridgehead atoms. The van der Waals surface area contributed by atoms with Crippen LogP contribution in [0.4, 0.5) is 4.39 Å². The first-order valence-electron chi connectivity index (χ1n) is 8.81. The average molecular weight is 355 g/mol. The highest BCUT2D eigenvalue weighted by Crippen LogP contribution is 2.25. The summed E-state index contributed by atoms with van der Waals surface area (Å²) in [5, 5.41) is 6.95. The van der Waals surface area contributed by atoms with E-state index in [4.69, 9.17) is 9.26 Å². The van der Waals surface area contributed by atoms with Gasteiger partial charge in [0.15, 0.2) is 0 Å². The predicted molar refractivity (Wildman–Crippen MR) is 93.0 cm³/mol. The summed E-state index contributed by atoms with van der Waals surface area (Å²) < 4.78 is 24.2. The number of nitrogens with one attached hydrogen (secondary N) is 1. The van der Waals surface area contributed by atoms with E-state index in [1.54, 1.807) is 7.11 Å². The van der Waals surface area contributed by atoms with Crippen molar-refractivity contribution in [3.8, 4) is 0 Å². The minimum absolute atomic E-state index is 0.0223. The summed E-state index contributed by atoms with van der Waals surface area (Å²) in [4.78, 5) is 14.5. The Hall–Kier alpha value is -1.47. The number of aryl methyl sites for hydroxylation is 2. The average Bonchev–Trinajstić information content (AvgIpc) is 3.07. The normalized spacial score (nSPS) is 21.7. The SMILES string of the molecule is COCCC(C)(C)C(=O)NC[C@@H]1C[C@H](F)CN1Cc1c(C)noc1C. The first kappa shape index (κ1) is 19.8. The summed E-state index contributed by atoms with van der Waals surface area (Å²) in [6.45, 7) is 9.50. The summed E-state index contributed by atoms with van der Waals surface area (Å²) in [5.41, 5.74) is 1.34. The zero-order valence-electron chi connectivity index (χ0n) is 15.9. The maximum absolute atomic E-state index is 14.0. The summed E-state index contributed by atoms with van der Waals surface area (Å²) in [7, 11) is 1.63. The molecule has 0 saturated carbocycles. The number of methoxy groups -OCH3 is 1. The van der Waals surface area contributed by atoms with Gasteiger partial charge in [0, 0.05) is 50.4 Å². The van der Waals surface area contributed by atoms with Gasteiger partial charge in [-0.3, -0.25) is 9.69 Å². The van der Waals surface area contributed by atoms with Crippen molar-refractivity contribution in [1.82, 2.24) is 15.4 Å². The number of aromatic nitrogens is 1. The molecule has 6 nitrogen and oxygen atoms in total. The van der Waals surface area contributed by atoms with Crippen LogP contribution >= 0.6 is 0 Å². The Kier molecular flexibility index (Phi) is 6.57. The highest BCUT2D eigenvalue weighted by atomic mass is 19.1. The van der Waals surface area contributed by atoms with E-state index < -0.39 is 11.6 Å². The summed E-state index contributed by atoms with van der Waals surface area (Å²) >= 11 is 0. The lowest BCUT2D eigenvalue weighted by atomic mass is 9.88. The fraction of sp³-hybridized carbons (Fsp3) is 0.778. The van der Waals surface area contributed by atoms with Crippen LogP contribution in [0.3, 0.4) is 0 Å². The van der Waals surface area contributed by atoms with Crippen molar-refractivity contribution in [2.24, 2.45) is 5.41 Å². The molecule has 1 aromatic rings. The van der Waals surface area contributed by atoms with Crippen molar-refractivity contribution in [2.45, 2.75) is 59.3 Å². The van der Waals surface area contributed by atoms with Gasteiger partial charge in [-0.2, -0.15) is 0 Å². The number of alkyl halides is 1. The van der Waals surface area contributed by atoms with E-state index in [2.05, 4.69) is 15.4 Å². The monoisotopic (exact) mass is 355 g/mol. The number of hydrogen-bond acceptors (Lipinski definition) is 5.